The zero-order valence-corrected chi connectivity index (χ0v) is 79.2. The van der Waals surface area contributed by atoms with E-state index in [9.17, 15) is 30.7 Å². The molecule has 0 aliphatic carbocycles. The second-order valence-corrected chi connectivity index (χ2v) is 34.0. The Morgan fingerprint density at radius 2 is 0.646 bits per heavy atom. The number of piperazine rings is 3. The predicted octanol–water partition coefficient (Wildman–Crippen LogP) is 11.2. The molecule has 0 saturated carbocycles. The fraction of sp³-hybridized carbons (Fsp3) is 0.361. The molecule has 9 aromatic heterocycles. The van der Waals surface area contributed by atoms with Crippen molar-refractivity contribution in [1.82, 2.24) is 85.3 Å². The van der Waals surface area contributed by atoms with E-state index in [0.29, 0.717) is 171 Å². The number of alkyl halides is 3. The van der Waals surface area contributed by atoms with E-state index in [-0.39, 0.29) is 52.8 Å². The van der Waals surface area contributed by atoms with Crippen molar-refractivity contribution in [2.24, 2.45) is 20.4 Å². The molecule has 9 N–H and O–H groups in total. The van der Waals surface area contributed by atoms with Crippen molar-refractivity contribution >= 4 is 129 Å². The molecule has 0 unspecified atom stereocenters. The number of pyridine rings is 4. The van der Waals surface area contributed by atoms with E-state index < -0.39 is 35.0 Å². The van der Waals surface area contributed by atoms with Crippen molar-refractivity contribution in [2.75, 3.05) is 281 Å². The Hall–Kier alpha value is -15.4. The number of rotatable bonds is 27. The van der Waals surface area contributed by atoms with E-state index >= 15 is 0 Å². The summed E-state index contributed by atoms with van der Waals surface area (Å²) < 4.78 is 119. The van der Waals surface area contributed by atoms with Crippen LogP contribution in [0.1, 0.15) is 52.9 Å². The van der Waals surface area contributed by atoms with Gasteiger partial charge in [0, 0.05) is 196 Å². The van der Waals surface area contributed by atoms with Crippen LogP contribution >= 0.6 is 0 Å². The minimum atomic E-state index is -4.49. The summed E-state index contributed by atoms with van der Waals surface area (Å²) in [5, 5.41) is 32.7. The minimum Gasteiger partial charge on any atom is -0.378 e. The maximum atomic E-state index is 14.2. The maximum absolute atomic E-state index is 14.2. The van der Waals surface area contributed by atoms with E-state index in [0.717, 1.165) is 143 Å². The fourth-order valence-corrected chi connectivity index (χ4v) is 16.5. The fourth-order valence-electron chi connectivity index (χ4n) is 16.5. The standard InChI is InChI=1S/C25H27F4N9O.C25H30FN9O.C24H28FN9O.C23H26FN9O/c26-21-16-32-24(35-23(21)38-9-11-39-12-10-38)36-33-15-18-1-2-19(14-31-18)34-17-3-4-22(20(13-17)25(27,28)29)37-7-5-30-6-8-37;1-33-8-10-34(11-9-33)22-6-4-19(5-7-22)30-21-3-2-20(27-16-21)17-29-32-25-28-18-23(26)24(31-25)35-12-14-36-15-13-35;25-22-17-28-24(31-23(22)34-11-13-35-14-12-34)32-29-16-19-1-2-20(15-27-19)30-18-3-5-21(6-4-18)33-9-7-26-8-10-33;24-20-16-28-23(30-22(20)33-10-12-34-13-11-33)31-29-14-18-2-3-19(15-27-18)32-8-4-17(5-9-32)21-25-6-1-7-26-21/h1-4,13-16,30,34H,5-12H2,(H,32,35,36);2-7,16-18,30H,8-15H2,1H3,(H,28,31,32);1-6,15-17,26,30H,7-14H2,(H,28,31,32);1-3,6-7,14-17H,4-5,8-13H2,(H,28,30,31)/b33-15+;29-17+;29-16+;29-14+. The van der Waals surface area contributed by atoms with Crippen LogP contribution in [0.25, 0.3) is 0 Å². The number of likely N-dealkylation sites (N-methyl/N-ethyl adjacent to an activating group) is 1. The molecular weight excluding hydrogens is 1870 g/mol. The number of anilines is 18. The van der Waals surface area contributed by atoms with Gasteiger partial charge in [0.15, 0.2) is 46.5 Å². The molecule has 3 aromatic carbocycles. The Labute approximate surface area is 826 Å². The highest BCUT2D eigenvalue weighted by molar-refractivity contribution is 5.81. The number of hydrazone groups is 4. The van der Waals surface area contributed by atoms with E-state index in [2.05, 4.69) is 214 Å². The molecule has 0 spiro atoms. The van der Waals surface area contributed by atoms with Crippen LogP contribution < -0.4 is 87.5 Å². The van der Waals surface area contributed by atoms with Crippen LogP contribution in [0, 0.1) is 23.3 Å². The topological polar surface area (TPSA) is 404 Å². The van der Waals surface area contributed by atoms with Gasteiger partial charge >= 0.3 is 6.18 Å². The SMILES string of the molecule is CN1CCN(c2ccc(Nc3ccc(/C=N/Nc4ncc(F)c(N5CCOCC5)n4)nc3)cc2)CC1.Fc1cnc(N/N=C/c2ccc(N3CCC(c4ncccn4)CC3)cn2)nc1N1CCOCC1.Fc1cnc(N/N=C/c2ccc(Nc3ccc(N4CCNCC4)c(C(F)(F)F)c3)cn2)nc1N1CCOCC1.Fc1cnc(N/N=C/c2ccc(Nc3ccc(N4CCNCC4)cc3)cn2)nc1N1CCOCC1. The lowest BCUT2D eigenvalue weighted by Crippen LogP contribution is -2.44. The van der Waals surface area contributed by atoms with Gasteiger partial charge in [0.25, 0.3) is 0 Å². The van der Waals surface area contributed by atoms with Crippen LogP contribution in [0.4, 0.5) is 135 Å². The van der Waals surface area contributed by atoms with Crippen molar-refractivity contribution in [2.45, 2.75) is 24.9 Å². The average molecular weight is 1980 g/mol. The highest BCUT2D eigenvalue weighted by Crippen LogP contribution is 2.40. The van der Waals surface area contributed by atoms with Crippen LogP contribution in [0.5, 0.6) is 0 Å². The molecule has 20 rings (SSSR count). The van der Waals surface area contributed by atoms with Crippen LogP contribution in [0.3, 0.4) is 0 Å². The van der Waals surface area contributed by atoms with E-state index in [1.807, 2.05) is 63.4 Å². The molecule has 144 heavy (non-hydrogen) atoms. The number of nitrogens with zero attached hydrogens (tertiary/aromatic N) is 27. The van der Waals surface area contributed by atoms with Gasteiger partial charge in [-0.05, 0) is 141 Å². The second-order valence-electron chi connectivity index (χ2n) is 34.0. The minimum absolute atomic E-state index is 0.122. The summed E-state index contributed by atoms with van der Waals surface area (Å²) >= 11 is 0. The molecule has 47 heteroatoms. The number of benzene rings is 3. The quantitative estimate of drug-likeness (QED) is 0.0131. The van der Waals surface area contributed by atoms with Crippen LogP contribution in [-0.2, 0) is 25.1 Å². The first-order valence-electron chi connectivity index (χ1n) is 47.5. The van der Waals surface area contributed by atoms with Gasteiger partial charge in [-0.15, -0.1) is 0 Å². The molecule has 0 amide bonds. The lowest BCUT2D eigenvalue weighted by molar-refractivity contribution is -0.137. The largest absolute Gasteiger partial charge is 0.418 e. The Kier molecular flexibility index (Phi) is 35.0. The summed E-state index contributed by atoms with van der Waals surface area (Å²) in [6.07, 6.45) is 18.6. The van der Waals surface area contributed by atoms with Crippen molar-refractivity contribution < 1.29 is 49.7 Å². The van der Waals surface area contributed by atoms with Gasteiger partial charge in [-0.2, -0.15) is 53.5 Å². The monoisotopic (exact) mass is 1980 g/mol. The molecule has 8 aliphatic heterocycles. The lowest BCUT2D eigenvalue weighted by atomic mass is 9.95. The number of hydrogen-bond acceptors (Lipinski definition) is 40. The van der Waals surface area contributed by atoms with E-state index in [4.69, 9.17) is 18.9 Å². The lowest BCUT2D eigenvalue weighted by Gasteiger charge is -2.34. The molecule has 8 aliphatic rings. The Morgan fingerprint density at radius 1 is 0.326 bits per heavy atom. The molecule has 752 valence electrons. The predicted molar refractivity (Wildman–Crippen MR) is 542 cm³/mol. The van der Waals surface area contributed by atoms with Gasteiger partial charge in [0.2, 0.25) is 23.8 Å². The first-order valence-corrected chi connectivity index (χ1v) is 47.5. The number of halogens is 7. The maximum Gasteiger partial charge on any atom is 0.418 e. The summed E-state index contributed by atoms with van der Waals surface area (Å²) in [6.45, 7) is 21.4. The number of piperidine rings is 1. The summed E-state index contributed by atoms with van der Waals surface area (Å²) in [6, 6.07) is 37.8. The molecule has 8 fully saturated rings. The van der Waals surface area contributed by atoms with E-state index in [1.165, 1.54) is 29.9 Å². The van der Waals surface area contributed by atoms with Gasteiger partial charge in [-0.3, -0.25) is 19.9 Å². The van der Waals surface area contributed by atoms with Crippen LogP contribution in [-0.4, -0.2) is 303 Å². The highest BCUT2D eigenvalue weighted by Gasteiger charge is 2.36. The number of aromatic nitrogens is 14. The number of nitrogens with one attached hydrogen (secondary N) is 9. The van der Waals surface area contributed by atoms with Gasteiger partial charge in [0.1, 0.15) is 5.82 Å². The Morgan fingerprint density at radius 3 is 0.993 bits per heavy atom. The zero-order chi connectivity index (χ0) is 99.0. The molecule has 8 saturated heterocycles. The molecule has 0 radical (unpaired) electrons. The molecule has 0 atom stereocenters. The smallest absolute Gasteiger partial charge is 0.378 e. The third kappa shape index (κ3) is 28.7. The van der Waals surface area contributed by atoms with Crippen molar-refractivity contribution in [3.05, 3.63) is 241 Å². The summed E-state index contributed by atoms with van der Waals surface area (Å²) in [5.74, 6) is 1.10. The summed E-state index contributed by atoms with van der Waals surface area (Å²) in [5.41, 5.74) is 21.0. The summed E-state index contributed by atoms with van der Waals surface area (Å²) in [4.78, 5) is 77.6. The normalized spacial score (nSPS) is 16.8. The molecule has 40 nitrogen and oxygen atoms in total. The highest BCUT2D eigenvalue weighted by atomic mass is 19.4. The third-order valence-electron chi connectivity index (χ3n) is 24.2. The van der Waals surface area contributed by atoms with Gasteiger partial charge in [-0.25, -0.2) is 69.2 Å². The first kappa shape index (κ1) is 100. The Bertz CT molecular complexity index is 6180. The Balaban J connectivity index is 0.000000132. The van der Waals surface area contributed by atoms with Crippen molar-refractivity contribution in [1.29, 1.82) is 0 Å². The van der Waals surface area contributed by atoms with Crippen LogP contribution in [0.2, 0.25) is 0 Å². The molecular formula is C97H111F7N36O4. The molecule has 17 heterocycles. The first-order chi connectivity index (χ1) is 70.5. The average Bonchev–Trinajstić information content (AvgIpc) is 0.790. The number of morpholine rings is 4. The van der Waals surface area contributed by atoms with Gasteiger partial charge < -0.3 is 89.6 Å². The second kappa shape index (κ2) is 50.3. The van der Waals surface area contributed by atoms with Crippen molar-refractivity contribution in [3.63, 3.8) is 0 Å². The van der Waals surface area contributed by atoms with Gasteiger partial charge in [-0.1, -0.05) is 0 Å². The zero-order valence-electron chi connectivity index (χ0n) is 79.2. The van der Waals surface area contributed by atoms with Gasteiger partial charge in [0.05, 0.1) is 178 Å². The molecule has 0 bridgehead atoms. The number of ether oxygens (including phenoxy) is 4. The van der Waals surface area contributed by atoms with E-state index in [1.54, 1.807) is 71.4 Å². The summed E-state index contributed by atoms with van der Waals surface area (Å²) in [7, 11) is 2.16. The third-order valence-corrected chi connectivity index (χ3v) is 24.2. The van der Waals surface area contributed by atoms with Crippen molar-refractivity contribution in [3.8, 4) is 0 Å². The number of hydrogen-bond donors (Lipinski definition) is 9. The van der Waals surface area contributed by atoms with Crippen LogP contribution in [0.15, 0.2) is 204 Å². The molecule has 12 aromatic rings.